The van der Waals surface area contributed by atoms with Gasteiger partial charge in [0.1, 0.15) is 0 Å². The predicted octanol–water partition coefficient (Wildman–Crippen LogP) is 4.50. The van der Waals surface area contributed by atoms with Crippen molar-refractivity contribution in [1.82, 2.24) is 4.90 Å². The second-order valence-corrected chi connectivity index (χ2v) is 7.16. The summed E-state index contributed by atoms with van der Waals surface area (Å²) in [7, 11) is 1.14. The zero-order valence-electron chi connectivity index (χ0n) is 18.4. The van der Waals surface area contributed by atoms with Crippen molar-refractivity contribution in [3.63, 3.8) is 0 Å². The van der Waals surface area contributed by atoms with E-state index in [1.165, 1.54) is 13.8 Å². The van der Waals surface area contributed by atoms with E-state index in [-0.39, 0.29) is 5.56 Å². The first-order chi connectivity index (χ1) is 16.1. The third-order valence-corrected chi connectivity index (χ3v) is 4.17. The lowest BCUT2D eigenvalue weighted by molar-refractivity contribution is -0.189. The van der Waals surface area contributed by atoms with Crippen molar-refractivity contribution in [3.8, 4) is 0 Å². The van der Waals surface area contributed by atoms with Crippen LogP contribution in [-0.4, -0.2) is 60.6 Å². The lowest BCUT2D eigenvalue weighted by Gasteiger charge is -2.26. The van der Waals surface area contributed by atoms with Gasteiger partial charge in [-0.15, -0.1) is 0 Å². The smallest absolute Gasteiger partial charge is 0.422 e. The van der Waals surface area contributed by atoms with Gasteiger partial charge in [0.15, 0.2) is 13.2 Å². The average Bonchev–Trinajstić information content (AvgIpc) is 2.72. The quantitative estimate of drug-likeness (QED) is 0.228. The molecule has 204 valence electrons. The molecular formula is C19H17ClF9NO6. The molecular weight excluding hydrogens is 545 g/mol. The number of rotatable bonds is 5. The molecule has 0 radical (unpaired) electrons. The normalized spacial score (nSPS) is 12.6. The van der Waals surface area contributed by atoms with Crippen molar-refractivity contribution in [3.05, 3.63) is 34.9 Å². The summed E-state index contributed by atoms with van der Waals surface area (Å²) in [5, 5.41) is -1.57. The van der Waals surface area contributed by atoms with E-state index in [2.05, 4.69) is 21.1 Å². The van der Waals surface area contributed by atoms with Gasteiger partial charge in [0.2, 0.25) is 0 Å². The predicted molar refractivity (Wildman–Crippen MR) is 102 cm³/mol. The first-order valence-electron chi connectivity index (χ1n) is 9.18. The van der Waals surface area contributed by atoms with Gasteiger partial charge in [0.25, 0.3) is 0 Å². The zero-order chi connectivity index (χ0) is 28.6. The number of ether oxygens (including phenoxy) is 2. The molecule has 1 aromatic carbocycles. The molecule has 0 aliphatic rings. The van der Waals surface area contributed by atoms with Gasteiger partial charge in [-0.05, 0) is 48.7 Å². The van der Waals surface area contributed by atoms with E-state index in [9.17, 15) is 58.7 Å². The van der Waals surface area contributed by atoms with E-state index in [4.69, 9.17) is 0 Å². The molecule has 1 rings (SSSR count). The number of hydrogen-bond acceptors (Lipinski definition) is 6. The summed E-state index contributed by atoms with van der Waals surface area (Å²) in [5.74, 6) is -4.74. The van der Waals surface area contributed by atoms with Crippen LogP contribution in [0.1, 0.15) is 29.7 Å². The molecule has 0 fully saturated rings. The van der Waals surface area contributed by atoms with Crippen LogP contribution in [0.5, 0.6) is 0 Å². The Hall–Kier alpha value is -3.04. The van der Waals surface area contributed by atoms with Crippen molar-refractivity contribution >= 4 is 34.7 Å². The van der Waals surface area contributed by atoms with Crippen LogP contribution in [-0.2, 0) is 34.8 Å². The highest BCUT2D eigenvalue weighted by atomic mass is 35.5. The van der Waals surface area contributed by atoms with Crippen LogP contribution in [0.15, 0.2) is 18.2 Å². The summed E-state index contributed by atoms with van der Waals surface area (Å²) in [6.07, 6.45) is -13.9. The van der Waals surface area contributed by atoms with Crippen LogP contribution >= 0.6 is 11.6 Å². The fourth-order valence-electron chi connectivity index (χ4n) is 2.26. The molecule has 0 aliphatic carbocycles. The third kappa shape index (κ3) is 12.1. The molecule has 7 nitrogen and oxygen atoms in total. The van der Waals surface area contributed by atoms with Gasteiger partial charge in [-0.25, -0.2) is 9.59 Å². The Morgan fingerprint density at radius 2 is 1.33 bits per heavy atom. The summed E-state index contributed by atoms with van der Waals surface area (Å²) in [4.78, 5) is 43.8. The Morgan fingerprint density at radius 3 is 1.69 bits per heavy atom. The van der Waals surface area contributed by atoms with Gasteiger partial charge in [0.05, 0.1) is 11.6 Å². The van der Waals surface area contributed by atoms with Crippen molar-refractivity contribution in [2.45, 2.75) is 38.4 Å². The lowest BCUT2D eigenvalue weighted by atomic mass is 9.99. The third-order valence-electron chi connectivity index (χ3n) is 4.02. The molecule has 0 heterocycles. The minimum absolute atomic E-state index is 0.214. The number of halogens is 10. The van der Waals surface area contributed by atoms with Gasteiger partial charge in [0, 0.05) is 7.05 Å². The Labute approximate surface area is 202 Å². The molecule has 1 unspecified atom stereocenters. The molecule has 0 saturated carbocycles. The summed E-state index contributed by atoms with van der Waals surface area (Å²) < 4.78 is 115. The molecule has 0 N–H and O–H groups in total. The van der Waals surface area contributed by atoms with Gasteiger partial charge in [-0.3, -0.25) is 9.59 Å². The second kappa shape index (κ2) is 12.8. The molecule has 0 saturated heterocycles. The number of aryl methyl sites for hydroxylation is 1. The molecule has 1 aromatic rings. The van der Waals surface area contributed by atoms with Gasteiger partial charge >= 0.3 is 41.6 Å². The van der Waals surface area contributed by atoms with Crippen molar-refractivity contribution in [1.29, 1.82) is 0 Å². The molecule has 0 bridgehead atoms. The lowest BCUT2D eigenvalue weighted by Crippen LogP contribution is -2.38. The van der Waals surface area contributed by atoms with Crippen LogP contribution in [0.25, 0.3) is 0 Å². The average molecular weight is 562 g/mol. The number of carbonyl (C=O) groups is 4. The number of benzene rings is 1. The first-order valence-corrected chi connectivity index (χ1v) is 9.56. The number of esters is 2. The summed E-state index contributed by atoms with van der Waals surface area (Å²) >= 11 is 4.48. The molecule has 36 heavy (non-hydrogen) atoms. The highest BCUT2D eigenvalue weighted by Crippen LogP contribution is 2.32. The molecule has 0 aromatic heterocycles. The molecule has 1 amide bonds. The molecule has 1 atom stereocenters. The SMILES string of the molecule is Cc1cc(C(F)(F)F)ccc1C(C)N(C)C(=O)C(=O)OCC(F)(F)F.O=C(Cl)C(=O)OCC(F)(F)F. The van der Waals surface area contributed by atoms with E-state index < -0.39 is 66.4 Å². The maximum atomic E-state index is 12.7. The molecule has 17 heteroatoms. The van der Waals surface area contributed by atoms with Gasteiger partial charge < -0.3 is 14.4 Å². The standard InChI is InChI=1S/C15H15F6NO3.C4H2ClF3O3/c1-8-6-10(15(19,20)21)4-5-11(8)9(2)22(3)12(23)13(24)25-7-14(16,17)18;5-2(9)3(10)11-1-4(6,7)8/h4-6,9H,7H2,1-3H3;1H2. The van der Waals surface area contributed by atoms with Gasteiger partial charge in [-0.2, -0.15) is 39.5 Å². The number of nitrogens with zero attached hydrogens (tertiary/aromatic N) is 1. The van der Waals surface area contributed by atoms with E-state index in [0.29, 0.717) is 5.56 Å². The Balaban J connectivity index is 0.000000935. The monoisotopic (exact) mass is 561 g/mol. The maximum absolute atomic E-state index is 12.7. The highest BCUT2D eigenvalue weighted by Gasteiger charge is 2.34. The zero-order valence-corrected chi connectivity index (χ0v) is 19.2. The minimum atomic E-state index is -4.77. The van der Waals surface area contributed by atoms with Crippen LogP contribution < -0.4 is 0 Å². The van der Waals surface area contributed by atoms with Crippen LogP contribution in [0.4, 0.5) is 39.5 Å². The van der Waals surface area contributed by atoms with Crippen molar-refractivity contribution < 1.29 is 68.2 Å². The number of alkyl halides is 9. The van der Waals surface area contributed by atoms with Crippen LogP contribution in [0.3, 0.4) is 0 Å². The number of amides is 1. The largest absolute Gasteiger partial charge is 0.449 e. The van der Waals surface area contributed by atoms with E-state index in [1.807, 2.05) is 0 Å². The van der Waals surface area contributed by atoms with E-state index in [1.54, 1.807) is 0 Å². The second-order valence-electron chi connectivity index (χ2n) is 6.82. The van der Waals surface area contributed by atoms with Crippen LogP contribution in [0, 0.1) is 6.92 Å². The summed E-state index contributed by atoms with van der Waals surface area (Å²) in [5.41, 5.74) is -0.349. The summed E-state index contributed by atoms with van der Waals surface area (Å²) in [6.45, 7) is -0.894. The molecule has 0 aliphatic heterocycles. The Kier molecular flexibility index (Phi) is 11.7. The first kappa shape index (κ1) is 33.0. The number of hydrogen-bond donors (Lipinski definition) is 0. The number of carbonyl (C=O) groups excluding carboxylic acids is 4. The van der Waals surface area contributed by atoms with Gasteiger partial charge in [-0.1, -0.05) is 6.07 Å². The highest BCUT2D eigenvalue weighted by molar-refractivity contribution is 6.80. The fraction of sp³-hybridized carbons (Fsp3) is 0.474. The Morgan fingerprint density at radius 1 is 0.889 bits per heavy atom. The van der Waals surface area contributed by atoms with Crippen molar-refractivity contribution in [2.75, 3.05) is 20.3 Å². The van der Waals surface area contributed by atoms with E-state index in [0.717, 1.165) is 30.1 Å². The minimum Gasteiger partial charge on any atom is -0.449 e. The van der Waals surface area contributed by atoms with Crippen LogP contribution in [0.2, 0.25) is 0 Å². The fourth-order valence-corrected chi connectivity index (χ4v) is 2.32. The van der Waals surface area contributed by atoms with Crippen molar-refractivity contribution in [2.24, 2.45) is 0 Å². The molecule has 0 spiro atoms. The maximum Gasteiger partial charge on any atom is 0.422 e. The topological polar surface area (TPSA) is 90.0 Å². The summed E-state index contributed by atoms with van der Waals surface area (Å²) in [6, 6.07) is 1.99. The van der Waals surface area contributed by atoms with E-state index >= 15 is 0 Å². The Bertz CT molecular complexity index is 960. The number of likely N-dealkylation sites (N-methyl/N-ethyl adjacent to an activating group) is 1.